The maximum Gasteiger partial charge on any atom is 0.248 e. The van der Waals surface area contributed by atoms with Crippen LogP contribution in [0.2, 0.25) is 0 Å². The molecular weight excluding hydrogens is 191 g/mol. The highest BCUT2D eigenvalue weighted by molar-refractivity contribution is 4.87. The molecule has 82 valence electrons. The van der Waals surface area contributed by atoms with E-state index in [4.69, 9.17) is 0 Å². The average molecular weight is 207 g/mol. The normalized spacial score (nSPS) is 34.9. The molecule has 1 aliphatic heterocycles. The predicted molar refractivity (Wildman–Crippen MR) is 48.3 cm³/mol. The summed E-state index contributed by atoms with van der Waals surface area (Å²) in [6.07, 6.45) is 0.847. The molecule has 14 heavy (non-hydrogen) atoms. The second-order valence-electron chi connectivity index (χ2n) is 4.47. The summed E-state index contributed by atoms with van der Waals surface area (Å²) in [6, 6.07) is 0.204. The van der Waals surface area contributed by atoms with Gasteiger partial charge in [0.2, 0.25) is 5.92 Å². The standard InChI is InChI=1S/C10H16F3N/c11-8-3-6-14(7-8)9-1-4-10(12,13)5-2-9/h8-9H,1-7H2. The van der Waals surface area contributed by atoms with E-state index in [1.807, 2.05) is 4.90 Å². The minimum atomic E-state index is -2.47. The van der Waals surface area contributed by atoms with E-state index in [1.165, 1.54) is 0 Å². The van der Waals surface area contributed by atoms with Crippen molar-refractivity contribution in [1.29, 1.82) is 0 Å². The van der Waals surface area contributed by atoms with E-state index in [0.29, 0.717) is 25.8 Å². The third-order valence-corrected chi connectivity index (χ3v) is 3.37. The lowest BCUT2D eigenvalue weighted by Crippen LogP contribution is -2.39. The summed E-state index contributed by atoms with van der Waals surface area (Å²) in [4.78, 5) is 2.04. The Morgan fingerprint density at radius 2 is 1.71 bits per heavy atom. The molecule has 0 amide bonds. The molecule has 4 heteroatoms. The summed E-state index contributed by atoms with van der Waals surface area (Å²) in [7, 11) is 0. The predicted octanol–water partition coefficient (Wildman–Crippen LogP) is 2.61. The van der Waals surface area contributed by atoms with Crippen LogP contribution in [0.15, 0.2) is 0 Å². The van der Waals surface area contributed by atoms with Crippen molar-refractivity contribution in [3.05, 3.63) is 0 Å². The van der Waals surface area contributed by atoms with Gasteiger partial charge in [-0.25, -0.2) is 13.2 Å². The minimum Gasteiger partial charge on any atom is -0.297 e. The number of alkyl halides is 3. The second kappa shape index (κ2) is 3.72. The van der Waals surface area contributed by atoms with Gasteiger partial charge in [-0.15, -0.1) is 0 Å². The van der Waals surface area contributed by atoms with Crippen LogP contribution in [-0.4, -0.2) is 36.1 Å². The van der Waals surface area contributed by atoms with Crippen LogP contribution in [0.4, 0.5) is 13.2 Å². The quantitative estimate of drug-likeness (QED) is 0.639. The molecule has 1 saturated carbocycles. The van der Waals surface area contributed by atoms with Gasteiger partial charge in [0, 0.05) is 32.0 Å². The zero-order valence-corrected chi connectivity index (χ0v) is 8.19. The van der Waals surface area contributed by atoms with E-state index in [0.717, 1.165) is 6.54 Å². The molecule has 0 aromatic rings. The first-order valence-electron chi connectivity index (χ1n) is 5.33. The highest BCUT2D eigenvalue weighted by Crippen LogP contribution is 2.36. The molecule has 0 radical (unpaired) electrons. The zero-order chi connectivity index (χ0) is 10.2. The molecule has 1 heterocycles. The fourth-order valence-electron chi connectivity index (χ4n) is 2.46. The highest BCUT2D eigenvalue weighted by Gasteiger charge is 2.38. The lowest BCUT2D eigenvalue weighted by molar-refractivity contribution is -0.0519. The molecule has 0 bridgehead atoms. The van der Waals surface area contributed by atoms with Crippen molar-refractivity contribution in [3.8, 4) is 0 Å². The van der Waals surface area contributed by atoms with Gasteiger partial charge < -0.3 is 0 Å². The summed E-state index contributed by atoms with van der Waals surface area (Å²) >= 11 is 0. The van der Waals surface area contributed by atoms with Gasteiger partial charge in [-0.2, -0.15) is 0 Å². The minimum absolute atomic E-state index is 0.0227. The summed E-state index contributed by atoms with van der Waals surface area (Å²) in [6.45, 7) is 1.20. The first kappa shape index (κ1) is 10.3. The Labute approximate surface area is 82.3 Å². The number of hydrogen-bond acceptors (Lipinski definition) is 1. The van der Waals surface area contributed by atoms with E-state index < -0.39 is 12.1 Å². The van der Waals surface area contributed by atoms with Gasteiger partial charge in [-0.05, 0) is 19.3 Å². The van der Waals surface area contributed by atoms with E-state index in [-0.39, 0.29) is 18.9 Å². The number of halogens is 3. The Morgan fingerprint density at radius 3 is 2.21 bits per heavy atom. The second-order valence-corrected chi connectivity index (χ2v) is 4.47. The van der Waals surface area contributed by atoms with Crippen LogP contribution in [-0.2, 0) is 0 Å². The molecule has 1 atom stereocenters. The SMILES string of the molecule is FC1CCN(C2CCC(F)(F)CC2)C1. The smallest absolute Gasteiger partial charge is 0.248 e. The average Bonchev–Trinajstić information content (AvgIpc) is 2.52. The van der Waals surface area contributed by atoms with Crippen molar-refractivity contribution in [2.75, 3.05) is 13.1 Å². The molecule has 2 fully saturated rings. The third-order valence-electron chi connectivity index (χ3n) is 3.37. The Balaban J connectivity index is 1.83. The van der Waals surface area contributed by atoms with E-state index in [1.54, 1.807) is 0 Å². The van der Waals surface area contributed by atoms with Crippen molar-refractivity contribution in [1.82, 2.24) is 4.90 Å². The molecule has 0 aromatic heterocycles. The topological polar surface area (TPSA) is 3.24 Å². The number of likely N-dealkylation sites (tertiary alicyclic amines) is 1. The van der Waals surface area contributed by atoms with Crippen LogP contribution < -0.4 is 0 Å². The molecule has 0 aromatic carbocycles. The van der Waals surface area contributed by atoms with Gasteiger partial charge in [0.1, 0.15) is 6.17 Å². The monoisotopic (exact) mass is 207 g/mol. The van der Waals surface area contributed by atoms with Crippen molar-refractivity contribution in [3.63, 3.8) is 0 Å². The van der Waals surface area contributed by atoms with Gasteiger partial charge in [0.25, 0.3) is 0 Å². The molecular formula is C10H16F3N. The van der Waals surface area contributed by atoms with Gasteiger partial charge >= 0.3 is 0 Å². The summed E-state index contributed by atoms with van der Waals surface area (Å²) in [5.74, 6) is -2.47. The Bertz CT molecular complexity index is 198. The molecule has 1 nitrogen and oxygen atoms in total. The maximum absolute atomic E-state index is 12.9. The van der Waals surface area contributed by atoms with E-state index >= 15 is 0 Å². The van der Waals surface area contributed by atoms with Crippen LogP contribution in [0.5, 0.6) is 0 Å². The van der Waals surface area contributed by atoms with Crippen LogP contribution >= 0.6 is 0 Å². The Kier molecular flexibility index (Phi) is 2.73. The van der Waals surface area contributed by atoms with E-state index in [2.05, 4.69) is 0 Å². The third kappa shape index (κ3) is 2.22. The first-order valence-corrected chi connectivity index (χ1v) is 5.33. The van der Waals surface area contributed by atoms with Crippen molar-refractivity contribution in [2.24, 2.45) is 0 Å². The maximum atomic E-state index is 12.9. The summed E-state index contributed by atoms with van der Waals surface area (Å²) < 4.78 is 38.6. The van der Waals surface area contributed by atoms with Crippen molar-refractivity contribution < 1.29 is 13.2 Å². The molecule has 0 spiro atoms. The molecule has 1 saturated heterocycles. The first-order chi connectivity index (χ1) is 6.57. The number of nitrogens with zero attached hydrogens (tertiary/aromatic N) is 1. The Morgan fingerprint density at radius 1 is 1.07 bits per heavy atom. The fraction of sp³-hybridized carbons (Fsp3) is 1.00. The van der Waals surface area contributed by atoms with Crippen LogP contribution in [0.3, 0.4) is 0 Å². The number of hydrogen-bond donors (Lipinski definition) is 0. The molecule has 0 N–H and O–H groups in total. The molecule has 2 aliphatic rings. The molecule has 1 aliphatic carbocycles. The van der Waals surface area contributed by atoms with Gasteiger partial charge in [-0.3, -0.25) is 4.90 Å². The van der Waals surface area contributed by atoms with Gasteiger partial charge in [0.05, 0.1) is 0 Å². The largest absolute Gasteiger partial charge is 0.297 e. The van der Waals surface area contributed by atoms with Crippen LogP contribution in [0.1, 0.15) is 32.1 Å². The lowest BCUT2D eigenvalue weighted by atomic mass is 9.91. The summed E-state index contributed by atoms with van der Waals surface area (Å²) in [5.41, 5.74) is 0. The fourth-order valence-corrected chi connectivity index (χ4v) is 2.46. The Hall–Kier alpha value is -0.250. The highest BCUT2D eigenvalue weighted by atomic mass is 19.3. The van der Waals surface area contributed by atoms with Crippen molar-refractivity contribution in [2.45, 2.75) is 50.2 Å². The van der Waals surface area contributed by atoms with Gasteiger partial charge in [0.15, 0.2) is 0 Å². The summed E-state index contributed by atoms with van der Waals surface area (Å²) in [5, 5.41) is 0. The van der Waals surface area contributed by atoms with Gasteiger partial charge in [-0.1, -0.05) is 0 Å². The lowest BCUT2D eigenvalue weighted by Gasteiger charge is -2.34. The number of rotatable bonds is 1. The van der Waals surface area contributed by atoms with E-state index in [9.17, 15) is 13.2 Å². The molecule has 2 rings (SSSR count). The van der Waals surface area contributed by atoms with Crippen LogP contribution in [0, 0.1) is 0 Å². The zero-order valence-electron chi connectivity index (χ0n) is 8.19. The van der Waals surface area contributed by atoms with Crippen molar-refractivity contribution >= 4 is 0 Å². The van der Waals surface area contributed by atoms with Crippen LogP contribution in [0.25, 0.3) is 0 Å². The molecule has 1 unspecified atom stereocenters.